The van der Waals surface area contributed by atoms with Gasteiger partial charge in [0.15, 0.2) is 0 Å². The summed E-state index contributed by atoms with van der Waals surface area (Å²) in [5.74, 6) is -5.22. The van der Waals surface area contributed by atoms with Crippen molar-refractivity contribution in [3.63, 3.8) is 0 Å². The van der Waals surface area contributed by atoms with Crippen molar-refractivity contribution < 1.29 is 33.6 Å². The Balaban J connectivity index is 0.998. The largest absolute Gasteiger partial charge is 0.560 e. The molecule has 0 radical (unpaired) electrons. The number of fused-ring (bicyclic) bond motifs is 6. The van der Waals surface area contributed by atoms with Gasteiger partial charge in [-0.15, -0.1) is 0 Å². The summed E-state index contributed by atoms with van der Waals surface area (Å²) in [6.45, 7) is 0. The Morgan fingerprint density at radius 2 is 0.795 bits per heavy atom. The van der Waals surface area contributed by atoms with Crippen molar-refractivity contribution in [2.75, 3.05) is 0 Å². The molecule has 2 unspecified atom stereocenters. The first-order chi connectivity index (χ1) is 21.4. The van der Waals surface area contributed by atoms with Crippen LogP contribution in [-0.2, 0) is 28.9 Å². The van der Waals surface area contributed by atoms with Gasteiger partial charge in [0, 0.05) is 24.7 Å². The standard InChI is InChI=1S/C35H24N2O7/c38-29-17-27(31-23-13-5-1-9-19(23)20-10-2-6-14-24(20)31)33(40)36(29)43-35(42)44-37-30(39)18-28(34(37)41)32-25-15-7-3-11-21(25)22-12-4-8-16-26(22)32/h1-16,27-28,31-32H,17-18H2. The molecule has 9 nitrogen and oxygen atoms in total. The van der Waals surface area contributed by atoms with Crippen molar-refractivity contribution >= 4 is 29.8 Å². The lowest BCUT2D eigenvalue weighted by Crippen LogP contribution is -2.39. The maximum atomic E-state index is 13.5. The fourth-order valence-corrected chi connectivity index (χ4v) is 7.40. The number of rotatable bonds is 4. The SMILES string of the molecule is O=C(ON1C(=O)CC(C2c3ccccc3-c3ccccc32)C1=O)ON1C(=O)CC(C2c3ccccc3-c3ccccc32)C1=O. The first-order valence-electron chi connectivity index (χ1n) is 14.4. The molecule has 4 aliphatic rings. The maximum absolute atomic E-state index is 13.5. The maximum Gasteiger partial charge on any atom is 0.560 e. The number of nitrogens with zero attached hydrogens (tertiary/aromatic N) is 2. The van der Waals surface area contributed by atoms with Gasteiger partial charge in [-0.05, 0) is 44.5 Å². The molecule has 2 fully saturated rings. The van der Waals surface area contributed by atoms with E-state index in [4.69, 9.17) is 9.68 Å². The van der Waals surface area contributed by atoms with Gasteiger partial charge in [-0.3, -0.25) is 28.9 Å². The topological polar surface area (TPSA) is 110 Å². The van der Waals surface area contributed by atoms with E-state index < -0.39 is 53.5 Å². The Hall–Kier alpha value is -5.57. The number of hydrogen-bond acceptors (Lipinski definition) is 7. The fourth-order valence-electron chi connectivity index (χ4n) is 7.40. The van der Waals surface area contributed by atoms with E-state index in [1.807, 2.05) is 97.1 Å². The molecule has 0 bridgehead atoms. The van der Waals surface area contributed by atoms with E-state index in [1.165, 1.54) is 0 Å². The molecule has 2 saturated heterocycles. The average Bonchev–Trinajstić information content (AvgIpc) is 3.72. The molecule has 44 heavy (non-hydrogen) atoms. The lowest BCUT2D eigenvalue weighted by Gasteiger charge is -2.21. The number of hydrogen-bond donors (Lipinski definition) is 0. The lowest BCUT2D eigenvalue weighted by molar-refractivity contribution is -0.199. The highest BCUT2D eigenvalue weighted by Gasteiger charge is 2.51. The third-order valence-electron chi connectivity index (χ3n) is 9.18. The second kappa shape index (κ2) is 9.74. The van der Waals surface area contributed by atoms with Crippen molar-refractivity contribution in [1.82, 2.24) is 10.1 Å². The molecule has 2 aliphatic carbocycles. The molecular weight excluding hydrogens is 560 g/mol. The Kier molecular flexibility index (Phi) is 5.77. The second-order valence-corrected chi connectivity index (χ2v) is 11.4. The number of amides is 4. The summed E-state index contributed by atoms with van der Waals surface area (Å²) in [5.41, 5.74) is 7.61. The van der Waals surface area contributed by atoms with Crippen LogP contribution in [0.15, 0.2) is 97.1 Å². The number of benzene rings is 4. The Labute approximate surface area is 251 Å². The molecule has 0 saturated carbocycles. The van der Waals surface area contributed by atoms with Crippen molar-refractivity contribution in [2.45, 2.75) is 24.7 Å². The molecule has 216 valence electrons. The van der Waals surface area contributed by atoms with E-state index in [0.29, 0.717) is 10.1 Å². The van der Waals surface area contributed by atoms with Crippen molar-refractivity contribution in [3.05, 3.63) is 119 Å². The van der Waals surface area contributed by atoms with E-state index in [-0.39, 0.29) is 12.8 Å². The van der Waals surface area contributed by atoms with Crippen LogP contribution in [0.25, 0.3) is 22.3 Å². The van der Waals surface area contributed by atoms with Gasteiger partial charge >= 0.3 is 6.16 Å². The second-order valence-electron chi connectivity index (χ2n) is 11.4. The molecule has 2 atom stereocenters. The number of carbonyl (C=O) groups excluding carboxylic acids is 5. The van der Waals surface area contributed by atoms with Crippen LogP contribution in [0.1, 0.15) is 46.9 Å². The Bertz CT molecular complexity index is 1710. The summed E-state index contributed by atoms with van der Waals surface area (Å²) in [6.07, 6.45) is -1.87. The molecule has 2 heterocycles. The third-order valence-corrected chi connectivity index (χ3v) is 9.18. The van der Waals surface area contributed by atoms with Gasteiger partial charge in [-0.2, -0.15) is 4.79 Å². The van der Waals surface area contributed by atoms with Gasteiger partial charge in [-0.25, -0.2) is 0 Å². The minimum absolute atomic E-state index is 0.177. The first kappa shape index (κ1) is 26.1. The zero-order chi connectivity index (χ0) is 30.1. The predicted octanol–water partition coefficient (Wildman–Crippen LogP) is 5.34. The molecule has 8 rings (SSSR count). The Morgan fingerprint density at radius 3 is 1.11 bits per heavy atom. The summed E-state index contributed by atoms with van der Waals surface area (Å²) in [6, 6.07) is 30.8. The van der Waals surface area contributed by atoms with Crippen molar-refractivity contribution in [1.29, 1.82) is 0 Å². The number of hydroxylamine groups is 4. The molecule has 0 spiro atoms. The molecule has 4 amide bonds. The zero-order valence-corrected chi connectivity index (χ0v) is 23.2. The molecule has 0 N–H and O–H groups in total. The van der Waals surface area contributed by atoms with Crippen LogP contribution in [0.3, 0.4) is 0 Å². The summed E-state index contributed by atoms with van der Waals surface area (Å²) < 4.78 is 0. The molecule has 4 aromatic carbocycles. The molecular formula is C35H24N2O7. The molecule has 0 aromatic heterocycles. The van der Waals surface area contributed by atoms with Crippen LogP contribution < -0.4 is 0 Å². The van der Waals surface area contributed by atoms with Crippen LogP contribution in [0.2, 0.25) is 0 Å². The van der Waals surface area contributed by atoms with Gasteiger partial charge < -0.3 is 0 Å². The monoisotopic (exact) mass is 584 g/mol. The van der Waals surface area contributed by atoms with E-state index >= 15 is 0 Å². The highest BCUT2D eigenvalue weighted by Crippen LogP contribution is 2.52. The summed E-state index contributed by atoms with van der Waals surface area (Å²) in [5, 5.41) is 0.783. The van der Waals surface area contributed by atoms with Crippen molar-refractivity contribution in [2.24, 2.45) is 11.8 Å². The normalized spacial score (nSPS) is 20.5. The van der Waals surface area contributed by atoms with Gasteiger partial charge in [0.1, 0.15) is 0 Å². The van der Waals surface area contributed by atoms with Crippen molar-refractivity contribution in [3.8, 4) is 22.3 Å². The summed E-state index contributed by atoms with van der Waals surface area (Å²) >= 11 is 0. The van der Waals surface area contributed by atoms with E-state index in [9.17, 15) is 24.0 Å². The fraction of sp³-hybridized carbons (Fsp3) is 0.171. The van der Waals surface area contributed by atoms with Crippen LogP contribution >= 0.6 is 0 Å². The van der Waals surface area contributed by atoms with E-state index in [1.54, 1.807) is 0 Å². The quantitative estimate of drug-likeness (QED) is 0.298. The predicted molar refractivity (Wildman–Crippen MR) is 155 cm³/mol. The van der Waals surface area contributed by atoms with Gasteiger partial charge in [0.25, 0.3) is 23.6 Å². The van der Waals surface area contributed by atoms with E-state index in [0.717, 1.165) is 44.5 Å². The average molecular weight is 585 g/mol. The smallest absolute Gasteiger partial charge is 0.293 e. The lowest BCUT2D eigenvalue weighted by atomic mass is 9.83. The summed E-state index contributed by atoms with van der Waals surface area (Å²) in [7, 11) is 0. The summed E-state index contributed by atoms with van der Waals surface area (Å²) in [4.78, 5) is 75.9. The van der Waals surface area contributed by atoms with Crippen LogP contribution in [0, 0.1) is 11.8 Å². The molecule has 2 aliphatic heterocycles. The van der Waals surface area contributed by atoms with Gasteiger partial charge in [0.05, 0.1) is 11.8 Å². The number of carbonyl (C=O) groups is 5. The van der Waals surface area contributed by atoms with Crippen LogP contribution in [-0.4, -0.2) is 39.9 Å². The zero-order valence-electron chi connectivity index (χ0n) is 23.2. The molecule has 4 aromatic rings. The minimum atomic E-state index is -1.52. The van der Waals surface area contributed by atoms with E-state index in [2.05, 4.69) is 0 Å². The van der Waals surface area contributed by atoms with Crippen LogP contribution in [0.5, 0.6) is 0 Å². The molecule has 9 heteroatoms. The Morgan fingerprint density at radius 1 is 0.500 bits per heavy atom. The third kappa shape index (κ3) is 3.75. The van der Waals surface area contributed by atoms with Gasteiger partial charge in [0.2, 0.25) is 0 Å². The van der Waals surface area contributed by atoms with Crippen LogP contribution in [0.4, 0.5) is 4.79 Å². The highest BCUT2D eigenvalue weighted by atomic mass is 16.9. The van der Waals surface area contributed by atoms with Gasteiger partial charge in [-0.1, -0.05) is 107 Å². The first-order valence-corrected chi connectivity index (χ1v) is 14.4. The minimum Gasteiger partial charge on any atom is -0.293 e. The highest BCUT2D eigenvalue weighted by molar-refractivity contribution is 6.06. The number of imide groups is 2.